The van der Waals surface area contributed by atoms with Crippen molar-refractivity contribution in [2.45, 2.75) is 50.4 Å². The van der Waals surface area contributed by atoms with Crippen molar-refractivity contribution in [1.29, 1.82) is 0 Å². The fraction of sp³-hybridized carbons (Fsp3) is 0.357. The van der Waals surface area contributed by atoms with Gasteiger partial charge in [-0.3, -0.25) is 9.89 Å². The first-order valence-corrected chi connectivity index (χ1v) is 12.9. The van der Waals surface area contributed by atoms with E-state index >= 15 is 0 Å². The molecule has 2 aliphatic rings. The SMILES string of the molecule is CC(C)(C)c1ccccc1Oc1ncccc1NC1=NC2CCN(Cc3ccccc3F)CC2S1. The average Bonchev–Trinajstić information content (AvgIpc) is 3.23. The minimum atomic E-state index is -0.135. The molecule has 2 aromatic carbocycles. The Hall–Kier alpha value is -2.90. The molecule has 2 aliphatic heterocycles. The van der Waals surface area contributed by atoms with Gasteiger partial charge in [-0.1, -0.05) is 68.9 Å². The monoisotopic (exact) mass is 490 g/mol. The molecule has 5 nitrogen and oxygen atoms in total. The molecule has 1 aromatic heterocycles. The van der Waals surface area contributed by atoms with E-state index in [0.29, 0.717) is 17.7 Å². The number of rotatable bonds is 5. The standard InChI is InChI=1S/C28H31FN4OS/c1-28(2,3)20-10-5-7-13-24(20)34-26-23(12-8-15-30-26)32-27-31-22-14-16-33(18-25(22)35-27)17-19-9-4-6-11-21(19)29/h4-13,15,22,25H,14,16-18H2,1-3H3,(H,31,32). The van der Waals surface area contributed by atoms with Crippen molar-refractivity contribution < 1.29 is 9.13 Å². The lowest BCUT2D eigenvalue weighted by Crippen LogP contribution is -2.42. The van der Waals surface area contributed by atoms with E-state index in [-0.39, 0.29) is 17.3 Å². The van der Waals surface area contributed by atoms with Gasteiger partial charge >= 0.3 is 0 Å². The molecule has 5 rings (SSSR count). The summed E-state index contributed by atoms with van der Waals surface area (Å²) in [5.74, 6) is 1.20. The normalized spacial score (nSPS) is 20.3. The zero-order valence-corrected chi connectivity index (χ0v) is 21.2. The van der Waals surface area contributed by atoms with Crippen molar-refractivity contribution in [1.82, 2.24) is 9.88 Å². The van der Waals surface area contributed by atoms with Gasteiger partial charge in [0.05, 0.1) is 6.04 Å². The Morgan fingerprint density at radius 1 is 1.09 bits per heavy atom. The van der Waals surface area contributed by atoms with Gasteiger partial charge in [-0.15, -0.1) is 0 Å². The predicted octanol–water partition coefficient (Wildman–Crippen LogP) is 6.47. The maximum Gasteiger partial charge on any atom is 0.243 e. The molecule has 2 unspecified atom stereocenters. The smallest absolute Gasteiger partial charge is 0.243 e. The number of para-hydroxylation sites is 1. The number of likely N-dealkylation sites (tertiary alicyclic amines) is 1. The molecular weight excluding hydrogens is 459 g/mol. The Bertz CT molecular complexity index is 1230. The minimum Gasteiger partial charge on any atom is -0.437 e. The average molecular weight is 491 g/mol. The number of aromatic nitrogens is 1. The maximum atomic E-state index is 14.1. The Labute approximate surface area is 210 Å². The van der Waals surface area contributed by atoms with Crippen molar-refractivity contribution in [3.8, 4) is 11.6 Å². The number of anilines is 1. The maximum absolute atomic E-state index is 14.1. The number of piperidine rings is 1. The van der Waals surface area contributed by atoms with Gasteiger partial charge in [0.25, 0.3) is 0 Å². The molecule has 7 heteroatoms. The quantitative estimate of drug-likeness (QED) is 0.444. The van der Waals surface area contributed by atoms with Crippen LogP contribution in [0.3, 0.4) is 0 Å². The third-order valence-electron chi connectivity index (χ3n) is 6.42. The first-order chi connectivity index (χ1) is 16.9. The fourth-order valence-corrected chi connectivity index (χ4v) is 5.88. The van der Waals surface area contributed by atoms with Gasteiger partial charge in [0, 0.05) is 42.2 Å². The van der Waals surface area contributed by atoms with E-state index in [0.717, 1.165) is 47.2 Å². The lowest BCUT2D eigenvalue weighted by Gasteiger charge is -2.33. The van der Waals surface area contributed by atoms with Crippen molar-refractivity contribution in [2.24, 2.45) is 4.99 Å². The van der Waals surface area contributed by atoms with Crippen LogP contribution >= 0.6 is 11.8 Å². The van der Waals surface area contributed by atoms with E-state index in [4.69, 9.17) is 9.73 Å². The molecule has 3 aromatic rings. The highest BCUT2D eigenvalue weighted by Crippen LogP contribution is 2.38. The van der Waals surface area contributed by atoms with Crippen molar-refractivity contribution in [2.75, 3.05) is 18.4 Å². The van der Waals surface area contributed by atoms with Crippen LogP contribution in [0.1, 0.15) is 38.3 Å². The number of benzene rings is 2. The summed E-state index contributed by atoms with van der Waals surface area (Å²) < 4.78 is 20.4. The lowest BCUT2D eigenvalue weighted by atomic mass is 9.86. The van der Waals surface area contributed by atoms with Gasteiger partial charge in [0.2, 0.25) is 5.88 Å². The number of thioether (sulfide) groups is 1. The number of fused-ring (bicyclic) bond motifs is 1. The molecule has 1 N–H and O–H groups in total. The van der Waals surface area contributed by atoms with Crippen molar-refractivity contribution >= 4 is 22.6 Å². The number of amidine groups is 1. The number of aliphatic imine (C=N–C) groups is 1. The number of hydrogen-bond acceptors (Lipinski definition) is 6. The van der Waals surface area contributed by atoms with Crippen molar-refractivity contribution in [3.63, 3.8) is 0 Å². The highest BCUT2D eigenvalue weighted by atomic mass is 32.2. The molecule has 1 saturated heterocycles. The summed E-state index contributed by atoms with van der Waals surface area (Å²) >= 11 is 1.75. The van der Waals surface area contributed by atoms with E-state index in [2.05, 4.69) is 42.0 Å². The summed E-state index contributed by atoms with van der Waals surface area (Å²) in [6, 6.07) is 19.3. The highest BCUT2D eigenvalue weighted by molar-refractivity contribution is 8.15. The van der Waals surface area contributed by atoms with E-state index in [1.807, 2.05) is 42.5 Å². The van der Waals surface area contributed by atoms with Crippen LogP contribution in [0.4, 0.5) is 10.1 Å². The highest BCUT2D eigenvalue weighted by Gasteiger charge is 2.36. The summed E-state index contributed by atoms with van der Waals surface area (Å²) in [5.41, 5.74) is 2.63. The Balaban J connectivity index is 1.26. The molecule has 3 heterocycles. The van der Waals surface area contributed by atoms with Crippen LogP contribution < -0.4 is 10.1 Å². The van der Waals surface area contributed by atoms with Crippen LogP contribution in [0.15, 0.2) is 71.9 Å². The molecule has 0 aliphatic carbocycles. The number of ether oxygens (including phenoxy) is 1. The molecule has 2 atom stereocenters. The van der Waals surface area contributed by atoms with Gasteiger partial charge in [-0.2, -0.15) is 0 Å². The predicted molar refractivity (Wildman–Crippen MR) is 142 cm³/mol. The van der Waals surface area contributed by atoms with E-state index in [9.17, 15) is 4.39 Å². The number of nitrogens with zero attached hydrogens (tertiary/aromatic N) is 3. The first kappa shape index (κ1) is 23.8. The second-order valence-electron chi connectivity index (χ2n) is 10.1. The van der Waals surface area contributed by atoms with E-state index in [1.54, 1.807) is 24.0 Å². The third-order valence-corrected chi connectivity index (χ3v) is 7.62. The van der Waals surface area contributed by atoms with Gasteiger partial charge in [0.1, 0.15) is 17.3 Å². The minimum absolute atomic E-state index is 0.0470. The molecule has 0 amide bonds. The fourth-order valence-electron chi connectivity index (χ4n) is 4.59. The van der Waals surface area contributed by atoms with E-state index in [1.165, 1.54) is 6.07 Å². The molecule has 182 valence electrons. The number of halogens is 1. The summed E-state index contributed by atoms with van der Waals surface area (Å²) in [4.78, 5) is 11.8. The van der Waals surface area contributed by atoms with E-state index < -0.39 is 0 Å². The lowest BCUT2D eigenvalue weighted by molar-refractivity contribution is 0.211. The third kappa shape index (κ3) is 5.52. The number of pyridine rings is 1. The zero-order valence-electron chi connectivity index (χ0n) is 20.4. The topological polar surface area (TPSA) is 49.8 Å². The van der Waals surface area contributed by atoms with Crippen LogP contribution in [0.25, 0.3) is 0 Å². The van der Waals surface area contributed by atoms with Crippen LogP contribution in [-0.4, -0.2) is 39.4 Å². The number of nitrogens with one attached hydrogen (secondary N) is 1. The summed E-state index contributed by atoms with van der Waals surface area (Å²) in [5, 5.41) is 4.70. The zero-order chi connectivity index (χ0) is 24.4. The summed E-state index contributed by atoms with van der Waals surface area (Å²) in [6.45, 7) is 8.95. The molecule has 0 spiro atoms. The Kier molecular flexibility index (Phi) is 6.80. The van der Waals surface area contributed by atoms with Gasteiger partial charge in [-0.25, -0.2) is 9.37 Å². The van der Waals surface area contributed by atoms with Crippen LogP contribution in [0.5, 0.6) is 11.6 Å². The second kappa shape index (κ2) is 9.99. The molecule has 0 bridgehead atoms. The largest absolute Gasteiger partial charge is 0.437 e. The summed E-state index contributed by atoms with van der Waals surface area (Å²) in [6.07, 6.45) is 2.71. The molecule has 0 saturated carbocycles. The van der Waals surface area contributed by atoms with Crippen molar-refractivity contribution in [3.05, 3.63) is 83.8 Å². The number of hydrogen-bond donors (Lipinski definition) is 1. The first-order valence-electron chi connectivity index (χ1n) is 12.1. The van der Waals surface area contributed by atoms with Crippen LogP contribution in [0, 0.1) is 5.82 Å². The molecule has 1 fully saturated rings. The Morgan fingerprint density at radius 3 is 2.71 bits per heavy atom. The van der Waals surface area contributed by atoms with Crippen LogP contribution in [0.2, 0.25) is 0 Å². The Morgan fingerprint density at radius 2 is 1.89 bits per heavy atom. The molecule has 35 heavy (non-hydrogen) atoms. The summed E-state index contributed by atoms with van der Waals surface area (Å²) in [7, 11) is 0. The molecule has 0 radical (unpaired) electrons. The van der Waals surface area contributed by atoms with Gasteiger partial charge in [0.15, 0.2) is 5.17 Å². The van der Waals surface area contributed by atoms with Gasteiger partial charge in [-0.05, 0) is 36.1 Å². The second-order valence-corrected chi connectivity index (χ2v) is 11.3. The molecular formula is C28H31FN4OS. The van der Waals surface area contributed by atoms with Gasteiger partial charge < -0.3 is 10.1 Å². The van der Waals surface area contributed by atoms with Crippen LogP contribution in [-0.2, 0) is 12.0 Å².